The Hall–Kier alpha value is 0.0923. The first-order chi connectivity index (χ1) is 8.66. The molecule has 1 unspecified atom stereocenters. The van der Waals surface area contributed by atoms with Crippen LogP contribution in [0, 0.1) is 0 Å². The van der Waals surface area contributed by atoms with E-state index in [0.29, 0.717) is 0 Å². The summed E-state index contributed by atoms with van der Waals surface area (Å²) in [5.41, 5.74) is 5.86. The Morgan fingerprint density at radius 3 is 2.06 bits per heavy atom. The van der Waals surface area contributed by atoms with Crippen molar-refractivity contribution in [2.24, 2.45) is 5.73 Å². The number of hydrogen-bond donors (Lipinski definition) is 1. The van der Waals surface area contributed by atoms with E-state index < -0.39 is 0 Å². The number of hydrogen-bond acceptors (Lipinski definition) is 3. The standard InChI is InChI=1S/C12H26N.C2H4O2.Pd/c1-2-3-4-5-6-7-8-9-10-11-12-13;1-2(3)4;/h12H,2-11,13H2,1H3;1H3,(H,3,4);/q;;+1/p-1. The summed E-state index contributed by atoms with van der Waals surface area (Å²) in [6.07, 6.45) is 12.9. The molecule has 0 radical (unpaired) electrons. The number of carbonyl (C=O) groups excluding carboxylic acids is 1. The molecule has 1 atom stereocenters. The van der Waals surface area contributed by atoms with Crippen LogP contribution in [-0.2, 0) is 26.6 Å². The normalized spacial score (nSPS) is 12.6. The molecule has 4 heteroatoms. The average Bonchev–Trinajstić information content (AvgIpc) is 2.34. The number of rotatable bonds is 12. The quantitative estimate of drug-likeness (QED) is 0.431. The Bertz CT molecular complexity index is 200. The van der Waals surface area contributed by atoms with Crippen LogP contribution in [0.2, 0.25) is 0 Å². The molecular weight excluding hydrogens is 321 g/mol. The van der Waals surface area contributed by atoms with E-state index in [1.165, 1.54) is 58.3 Å². The molecule has 0 amide bonds. The van der Waals surface area contributed by atoms with Crippen molar-refractivity contribution in [1.29, 1.82) is 0 Å². The van der Waals surface area contributed by atoms with Gasteiger partial charge in [0.15, 0.2) is 0 Å². The zero-order valence-electron chi connectivity index (χ0n) is 11.9. The second kappa shape index (κ2) is 13.5. The topological polar surface area (TPSA) is 52.3 Å². The summed E-state index contributed by atoms with van der Waals surface area (Å²) in [7, 11) is 0. The second-order valence-corrected chi connectivity index (χ2v) is 6.55. The molecule has 0 aromatic rings. The number of nitrogens with two attached hydrogens (primary N) is 1. The minimum atomic E-state index is -0.216. The molecule has 0 aliphatic rings. The fourth-order valence-electron chi connectivity index (χ4n) is 1.78. The van der Waals surface area contributed by atoms with E-state index >= 15 is 0 Å². The summed E-state index contributed by atoms with van der Waals surface area (Å²) in [4.78, 5) is 10.6. The van der Waals surface area contributed by atoms with Gasteiger partial charge in [-0.25, -0.2) is 0 Å². The summed E-state index contributed by atoms with van der Waals surface area (Å²) in [6.45, 7) is 3.68. The molecule has 0 saturated heterocycles. The van der Waals surface area contributed by atoms with Gasteiger partial charge in [0.1, 0.15) is 0 Å². The fourth-order valence-corrected chi connectivity index (χ4v) is 2.77. The molecule has 0 aromatic carbocycles. The first kappa shape index (κ1) is 18.1. The molecular formula is C14H29NO2Pd. The molecule has 0 spiro atoms. The van der Waals surface area contributed by atoms with Crippen LogP contribution < -0.4 is 5.73 Å². The van der Waals surface area contributed by atoms with Crippen molar-refractivity contribution in [3.8, 4) is 0 Å². The molecule has 0 aliphatic heterocycles. The Balaban J connectivity index is 3.12. The Morgan fingerprint density at radius 1 is 1.06 bits per heavy atom. The molecule has 0 bridgehead atoms. The summed E-state index contributed by atoms with van der Waals surface area (Å²) in [5.74, 6) is -0.216. The Kier molecular flexibility index (Phi) is 13.6. The van der Waals surface area contributed by atoms with Crippen LogP contribution in [-0.4, -0.2) is 10.5 Å². The summed E-state index contributed by atoms with van der Waals surface area (Å²) >= 11 is -0.0662. The van der Waals surface area contributed by atoms with Gasteiger partial charge in [-0.1, -0.05) is 0 Å². The van der Waals surface area contributed by atoms with Gasteiger partial charge >= 0.3 is 121 Å². The zero-order valence-corrected chi connectivity index (χ0v) is 13.4. The molecule has 0 aliphatic carbocycles. The molecule has 0 heterocycles. The molecule has 2 N–H and O–H groups in total. The summed E-state index contributed by atoms with van der Waals surface area (Å²) in [6, 6.07) is 0. The first-order valence-electron chi connectivity index (χ1n) is 7.17. The van der Waals surface area contributed by atoms with Gasteiger partial charge < -0.3 is 0 Å². The summed E-state index contributed by atoms with van der Waals surface area (Å²) < 4.78 is 4.99. The van der Waals surface area contributed by atoms with Gasteiger partial charge in [-0.2, -0.15) is 0 Å². The van der Waals surface area contributed by atoms with Gasteiger partial charge in [0.05, 0.1) is 0 Å². The van der Waals surface area contributed by atoms with Crippen molar-refractivity contribution >= 4 is 5.97 Å². The number of carbonyl (C=O) groups is 1. The van der Waals surface area contributed by atoms with E-state index in [-0.39, 0.29) is 28.8 Å². The molecule has 0 saturated carbocycles. The van der Waals surface area contributed by atoms with Crippen LogP contribution in [0.4, 0.5) is 0 Å². The van der Waals surface area contributed by atoms with Crippen molar-refractivity contribution in [2.45, 2.75) is 82.6 Å². The van der Waals surface area contributed by atoms with E-state index in [1.54, 1.807) is 0 Å². The monoisotopic (exact) mass is 349 g/mol. The molecule has 0 fully saturated rings. The van der Waals surface area contributed by atoms with Crippen LogP contribution in [0.1, 0.15) is 78.1 Å². The Labute approximate surface area is 121 Å². The van der Waals surface area contributed by atoms with Crippen molar-refractivity contribution < 1.29 is 26.6 Å². The predicted octanol–water partition coefficient (Wildman–Crippen LogP) is 3.75. The van der Waals surface area contributed by atoms with Gasteiger partial charge in [0.25, 0.3) is 0 Å². The third kappa shape index (κ3) is 14.2. The van der Waals surface area contributed by atoms with Crippen LogP contribution >= 0.6 is 0 Å². The maximum absolute atomic E-state index is 10.6. The molecule has 3 nitrogen and oxygen atoms in total. The summed E-state index contributed by atoms with van der Waals surface area (Å²) in [5, 5.41) is 0. The van der Waals surface area contributed by atoms with E-state index in [2.05, 4.69) is 6.92 Å². The van der Waals surface area contributed by atoms with E-state index in [4.69, 9.17) is 9.19 Å². The Morgan fingerprint density at radius 2 is 1.56 bits per heavy atom. The van der Waals surface area contributed by atoms with Gasteiger partial charge in [0.2, 0.25) is 0 Å². The third-order valence-electron chi connectivity index (χ3n) is 2.79. The van der Waals surface area contributed by atoms with E-state index in [0.717, 1.165) is 12.8 Å². The van der Waals surface area contributed by atoms with E-state index in [9.17, 15) is 4.79 Å². The average molecular weight is 350 g/mol. The van der Waals surface area contributed by atoms with Crippen molar-refractivity contribution in [1.82, 2.24) is 0 Å². The van der Waals surface area contributed by atoms with E-state index in [1.807, 2.05) is 0 Å². The second-order valence-electron chi connectivity index (χ2n) is 4.72. The molecule has 0 rings (SSSR count). The van der Waals surface area contributed by atoms with Gasteiger partial charge in [-0.15, -0.1) is 0 Å². The van der Waals surface area contributed by atoms with Crippen LogP contribution in [0.25, 0.3) is 0 Å². The van der Waals surface area contributed by atoms with Crippen LogP contribution in [0.15, 0.2) is 0 Å². The molecule has 112 valence electrons. The predicted molar refractivity (Wildman–Crippen MR) is 71.6 cm³/mol. The zero-order chi connectivity index (χ0) is 13.6. The van der Waals surface area contributed by atoms with Crippen molar-refractivity contribution in [3.63, 3.8) is 0 Å². The molecule has 0 aromatic heterocycles. The third-order valence-corrected chi connectivity index (χ3v) is 4.34. The first-order valence-corrected chi connectivity index (χ1v) is 8.70. The van der Waals surface area contributed by atoms with Crippen molar-refractivity contribution in [3.05, 3.63) is 0 Å². The fraction of sp³-hybridized carbons (Fsp3) is 0.929. The molecule has 18 heavy (non-hydrogen) atoms. The minimum absolute atomic E-state index is 0.0625. The van der Waals surface area contributed by atoms with Gasteiger partial charge in [0, 0.05) is 0 Å². The van der Waals surface area contributed by atoms with Gasteiger partial charge in [-0.05, 0) is 0 Å². The SMILES string of the molecule is CCCCCCCCCCC[CH](N)[Pd][O]C(C)=O. The van der Waals surface area contributed by atoms with Crippen molar-refractivity contribution in [2.75, 3.05) is 0 Å². The van der Waals surface area contributed by atoms with Gasteiger partial charge in [-0.3, -0.25) is 0 Å². The maximum atomic E-state index is 10.6. The number of unbranched alkanes of at least 4 members (excludes halogenated alkanes) is 8. The van der Waals surface area contributed by atoms with Crippen LogP contribution in [0.5, 0.6) is 0 Å². The van der Waals surface area contributed by atoms with Crippen LogP contribution in [0.3, 0.4) is 0 Å².